The van der Waals surface area contributed by atoms with Crippen LogP contribution in [0.3, 0.4) is 0 Å². The Kier molecular flexibility index (Phi) is 3.83. The van der Waals surface area contributed by atoms with Crippen LogP contribution in [0.2, 0.25) is 0 Å². The number of nitro groups is 1. The SMILES string of the molecule is N#CCC(=O)Nc1c([N+](=O)[O-])cc(F)c(F)c1F. The van der Waals surface area contributed by atoms with Gasteiger partial charge in [-0.15, -0.1) is 0 Å². The molecule has 94 valence electrons. The highest BCUT2D eigenvalue weighted by Crippen LogP contribution is 2.31. The number of nitrogens with one attached hydrogen (secondary N) is 1. The molecule has 0 saturated heterocycles. The summed E-state index contributed by atoms with van der Waals surface area (Å²) < 4.78 is 38.9. The van der Waals surface area contributed by atoms with Crippen molar-refractivity contribution >= 4 is 17.3 Å². The zero-order valence-electron chi connectivity index (χ0n) is 8.54. The van der Waals surface area contributed by atoms with Crippen LogP contribution in [0.4, 0.5) is 24.5 Å². The van der Waals surface area contributed by atoms with E-state index >= 15 is 0 Å². The van der Waals surface area contributed by atoms with Crippen LogP contribution in [-0.2, 0) is 4.79 Å². The number of halogens is 3. The van der Waals surface area contributed by atoms with Gasteiger partial charge in [0.15, 0.2) is 23.1 Å². The molecule has 6 nitrogen and oxygen atoms in total. The molecule has 1 aromatic carbocycles. The van der Waals surface area contributed by atoms with Gasteiger partial charge in [-0.3, -0.25) is 14.9 Å². The Hall–Kier alpha value is -2.63. The van der Waals surface area contributed by atoms with Gasteiger partial charge < -0.3 is 5.32 Å². The Balaban J connectivity index is 3.32. The minimum absolute atomic E-state index is 0.139. The number of nitrogens with zero attached hydrogens (tertiary/aromatic N) is 2. The molecular formula is C9H4F3N3O3. The van der Waals surface area contributed by atoms with E-state index in [0.29, 0.717) is 0 Å². The largest absolute Gasteiger partial charge is 0.317 e. The van der Waals surface area contributed by atoms with Gasteiger partial charge in [0.2, 0.25) is 5.91 Å². The molecule has 0 heterocycles. The maximum atomic E-state index is 13.3. The van der Waals surface area contributed by atoms with E-state index in [1.165, 1.54) is 6.07 Å². The summed E-state index contributed by atoms with van der Waals surface area (Å²) in [6, 6.07) is 1.55. The van der Waals surface area contributed by atoms with E-state index in [2.05, 4.69) is 0 Å². The van der Waals surface area contributed by atoms with Crippen molar-refractivity contribution in [3.05, 3.63) is 33.6 Å². The van der Waals surface area contributed by atoms with Crippen LogP contribution in [0.1, 0.15) is 6.42 Å². The summed E-state index contributed by atoms with van der Waals surface area (Å²) in [5.41, 5.74) is -2.25. The van der Waals surface area contributed by atoms with Crippen molar-refractivity contribution in [3.8, 4) is 6.07 Å². The normalized spacial score (nSPS) is 9.67. The van der Waals surface area contributed by atoms with E-state index in [1.54, 1.807) is 5.32 Å². The summed E-state index contributed by atoms with van der Waals surface area (Å²) in [5.74, 6) is -6.68. The van der Waals surface area contributed by atoms with Crippen LogP contribution in [0, 0.1) is 38.9 Å². The van der Waals surface area contributed by atoms with Gasteiger partial charge in [0.05, 0.1) is 17.1 Å². The van der Waals surface area contributed by atoms with Gasteiger partial charge in [-0.25, -0.2) is 13.2 Å². The fourth-order valence-electron chi connectivity index (χ4n) is 1.10. The van der Waals surface area contributed by atoms with Crippen LogP contribution in [-0.4, -0.2) is 10.8 Å². The fourth-order valence-corrected chi connectivity index (χ4v) is 1.10. The number of nitriles is 1. The number of nitro benzene ring substituents is 1. The van der Waals surface area contributed by atoms with Crippen LogP contribution in [0.5, 0.6) is 0 Å². The lowest BCUT2D eigenvalue weighted by molar-refractivity contribution is -0.384. The summed E-state index contributed by atoms with van der Waals surface area (Å²) in [4.78, 5) is 20.3. The summed E-state index contributed by atoms with van der Waals surface area (Å²) in [6.45, 7) is 0. The number of carbonyl (C=O) groups is 1. The minimum Gasteiger partial charge on any atom is -0.317 e. The second-order valence-electron chi connectivity index (χ2n) is 3.02. The highest BCUT2D eigenvalue weighted by atomic mass is 19.2. The molecule has 1 N–H and O–H groups in total. The maximum Gasteiger partial charge on any atom is 0.298 e. The highest BCUT2D eigenvalue weighted by molar-refractivity contribution is 5.94. The highest BCUT2D eigenvalue weighted by Gasteiger charge is 2.26. The van der Waals surface area contributed by atoms with Crippen molar-refractivity contribution in [2.75, 3.05) is 5.32 Å². The van der Waals surface area contributed by atoms with Crippen molar-refractivity contribution < 1.29 is 22.9 Å². The quantitative estimate of drug-likeness (QED) is 0.509. The fraction of sp³-hybridized carbons (Fsp3) is 0.111. The van der Waals surface area contributed by atoms with Crippen LogP contribution >= 0.6 is 0 Å². The first kappa shape index (κ1) is 13.4. The Morgan fingerprint density at radius 1 is 1.44 bits per heavy atom. The topological polar surface area (TPSA) is 96.0 Å². The molecular weight excluding hydrogens is 255 g/mol. The molecule has 0 saturated carbocycles. The van der Waals surface area contributed by atoms with Crippen LogP contribution in [0.15, 0.2) is 6.07 Å². The molecule has 0 aliphatic rings. The molecule has 1 rings (SSSR count). The first-order chi connectivity index (χ1) is 8.38. The van der Waals surface area contributed by atoms with Gasteiger partial charge in [0, 0.05) is 0 Å². The molecule has 0 bridgehead atoms. The van der Waals surface area contributed by atoms with E-state index in [-0.39, 0.29) is 6.07 Å². The van der Waals surface area contributed by atoms with E-state index in [4.69, 9.17) is 5.26 Å². The molecule has 0 spiro atoms. The summed E-state index contributed by atoms with van der Waals surface area (Å²) in [6.07, 6.45) is -0.713. The molecule has 1 aromatic rings. The molecule has 0 fully saturated rings. The average molecular weight is 259 g/mol. The van der Waals surface area contributed by atoms with E-state index < -0.39 is 46.1 Å². The lowest BCUT2D eigenvalue weighted by atomic mass is 10.2. The van der Waals surface area contributed by atoms with E-state index in [9.17, 15) is 28.1 Å². The number of amides is 1. The second kappa shape index (κ2) is 5.13. The molecule has 0 radical (unpaired) electrons. The third-order valence-corrected chi connectivity index (χ3v) is 1.84. The lowest BCUT2D eigenvalue weighted by Crippen LogP contribution is -2.14. The molecule has 0 aromatic heterocycles. The predicted molar refractivity (Wildman–Crippen MR) is 51.8 cm³/mol. The maximum absolute atomic E-state index is 13.3. The second-order valence-corrected chi connectivity index (χ2v) is 3.02. The number of anilines is 1. The van der Waals surface area contributed by atoms with Gasteiger partial charge in [0.1, 0.15) is 6.42 Å². The number of carbonyl (C=O) groups excluding carboxylic acids is 1. The number of hydrogen-bond donors (Lipinski definition) is 1. The van der Waals surface area contributed by atoms with Gasteiger partial charge >= 0.3 is 0 Å². The van der Waals surface area contributed by atoms with Gasteiger partial charge in [-0.1, -0.05) is 0 Å². The Morgan fingerprint density at radius 3 is 2.56 bits per heavy atom. The zero-order valence-corrected chi connectivity index (χ0v) is 8.54. The third-order valence-electron chi connectivity index (χ3n) is 1.84. The first-order valence-electron chi connectivity index (χ1n) is 4.37. The predicted octanol–water partition coefficient (Wildman–Crippen LogP) is 1.86. The smallest absolute Gasteiger partial charge is 0.298 e. The third kappa shape index (κ3) is 2.54. The molecule has 1 amide bonds. The zero-order chi connectivity index (χ0) is 13.9. The van der Waals surface area contributed by atoms with Crippen molar-refractivity contribution in [2.45, 2.75) is 6.42 Å². The Morgan fingerprint density at radius 2 is 2.06 bits per heavy atom. The average Bonchev–Trinajstić information content (AvgIpc) is 2.29. The summed E-state index contributed by atoms with van der Waals surface area (Å²) >= 11 is 0. The Labute approximate surface area is 97.8 Å². The lowest BCUT2D eigenvalue weighted by Gasteiger charge is -2.06. The molecule has 0 aliphatic carbocycles. The molecule has 9 heteroatoms. The summed E-state index contributed by atoms with van der Waals surface area (Å²) in [7, 11) is 0. The molecule has 18 heavy (non-hydrogen) atoms. The summed E-state index contributed by atoms with van der Waals surface area (Å²) in [5, 5.41) is 20.3. The van der Waals surface area contributed by atoms with Crippen LogP contribution < -0.4 is 5.32 Å². The van der Waals surface area contributed by atoms with Gasteiger partial charge in [-0.2, -0.15) is 5.26 Å². The molecule has 0 aliphatic heterocycles. The number of benzene rings is 1. The molecule has 0 unspecified atom stereocenters. The molecule has 0 atom stereocenters. The van der Waals surface area contributed by atoms with Gasteiger partial charge in [0.25, 0.3) is 5.69 Å². The van der Waals surface area contributed by atoms with Crippen molar-refractivity contribution in [2.24, 2.45) is 0 Å². The van der Waals surface area contributed by atoms with Crippen molar-refractivity contribution in [1.29, 1.82) is 5.26 Å². The Bertz CT molecular complexity index is 568. The minimum atomic E-state index is -1.95. The standard InChI is InChI=1S/C9H4F3N3O3/c10-4-3-5(15(17)18)9(8(12)7(4)11)14-6(16)1-2-13/h3H,1H2,(H,14,16). The van der Waals surface area contributed by atoms with Crippen molar-refractivity contribution in [1.82, 2.24) is 0 Å². The van der Waals surface area contributed by atoms with E-state index in [0.717, 1.165) is 0 Å². The van der Waals surface area contributed by atoms with Crippen LogP contribution in [0.25, 0.3) is 0 Å². The van der Waals surface area contributed by atoms with E-state index in [1.807, 2.05) is 0 Å². The number of hydrogen-bond acceptors (Lipinski definition) is 4. The van der Waals surface area contributed by atoms with Gasteiger partial charge in [-0.05, 0) is 0 Å². The first-order valence-corrected chi connectivity index (χ1v) is 4.37. The monoisotopic (exact) mass is 259 g/mol. The van der Waals surface area contributed by atoms with Crippen molar-refractivity contribution in [3.63, 3.8) is 0 Å². The number of rotatable bonds is 3.